The Kier molecular flexibility index (Phi) is 26.8. The van der Waals surface area contributed by atoms with Crippen LogP contribution in [0.5, 0.6) is 0 Å². The number of amides is 2. The number of imide groups is 1. The van der Waals surface area contributed by atoms with Crippen molar-refractivity contribution in [2.45, 2.75) is 288 Å². The molecule has 3 aliphatic rings. The SMILES string of the molecule is CCCCCCCCN1C(=O)c2c(-c3cc4c(s3)-c3sc(C)cc3[Si]4(CC(CC)CCCC)CC(CC)CCCC)sc(-c3cc4c(s3)-c3sc(-c5ccc(-c6c(F)c(F)c(-c7ccc(C)s7)c7nn(CC(CC)CCCC)nc67)s5)cc3[Si]4(CC(CC)CCCC)CC(CC)CCCC)c2C1=O. The second kappa shape index (κ2) is 35.1. The fourth-order valence-electron chi connectivity index (χ4n) is 18.0. The first-order chi connectivity index (χ1) is 50.0. The molecule has 5 unspecified atom stereocenters. The molecule has 0 fully saturated rings. The smallest absolute Gasteiger partial charge is 0.263 e. The predicted molar refractivity (Wildman–Crippen MR) is 455 cm³/mol. The van der Waals surface area contributed by atoms with Crippen molar-refractivity contribution < 1.29 is 18.4 Å². The highest BCUT2D eigenvalue weighted by atomic mass is 32.1. The Labute approximate surface area is 646 Å². The van der Waals surface area contributed by atoms with Gasteiger partial charge in [-0.25, -0.2) is 8.78 Å². The van der Waals surface area contributed by atoms with Gasteiger partial charge < -0.3 is 0 Å². The Balaban J connectivity index is 1.03. The van der Waals surface area contributed by atoms with Gasteiger partial charge in [0.2, 0.25) is 0 Å². The first kappa shape index (κ1) is 78.5. The molecule has 17 heteroatoms. The summed E-state index contributed by atoms with van der Waals surface area (Å²) in [7, 11) is -4.98. The van der Waals surface area contributed by atoms with Crippen molar-refractivity contribution in [3.8, 4) is 69.7 Å². The third-order valence-electron chi connectivity index (χ3n) is 24.1. The van der Waals surface area contributed by atoms with Gasteiger partial charge in [-0.2, -0.15) is 15.0 Å². The topological polar surface area (TPSA) is 68.1 Å². The molecule has 12 rings (SSSR count). The number of aryl methyl sites for hydroxylation is 2. The van der Waals surface area contributed by atoms with Crippen LogP contribution in [-0.4, -0.2) is 54.4 Å². The highest BCUT2D eigenvalue weighted by Crippen LogP contribution is 2.56. The van der Waals surface area contributed by atoms with Gasteiger partial charge in [-0.15, -0.1) is 79.4 Å². The van der Waals surface area contributed by atoms with Crippen molar-refractivity contribution in [3.63, 3.8) is 0 Å². The largest absolute Gasteiger partial charge is 0.274 e. The molecule has 103 heavy (non-hydrogen) atoms. The van der Waals surface area contributed by atoms with Crippen molar-refractivity contribution in [1.82, 2.24) is 19.9 Å². The maximum absolute atomic E-state index is 17.5. The zero-order valence-corrected chi connectivity index (χ0v) is 72.1. The molecule has 0 saturated carbocycles. The number of benzene rings is 1. The first-order valence-corrected chi connectivity index (χ1v) is 51.1. The number of hydrogen-bond donors (Lipinski definition) is 0. The van der Waals surface area contributed by atoms with Crippen LogP contribution in [0.4, 0.5) is 8.78 Å². The highest BCUT2D eigenvalue weighted by molar-refractivity contribution is 7.35. The van der Waals surface area contributed by atoms with Crippen molar-refractivity contribution in [2.24, 2.45) is 29.6 Å². The van der Waals surface area contributed by atoms with Gasteiger partial charge in [0.05, 0.1) is 38.6 Å². The summed E-state index contributed by atoms with van der Waals surface area (Å²) in [6.07, 6.45) is 30.1. The van der Waals surface area contributed by atoms with E-state index in [-0.39, 0.29) is 22.9 Å². The van der Waals surface area contributed by atoms with E-state index in [9.17, 15) is 0 Å². The van der Waals surface area contributed by atoms with Crippen LogP contribution in [-0.2, 0) is 6.54 Å². The quantitative estimate of drug-likeness (QED) is 0.0217. The fourth-order valence-corrected chi connectivity index (χ4v) is 42.2. The van der Waals surface area contributed by atoms with E-state index in [1.807, 2.05) is 70.5 Å². The molecule has 0 bridgehead atoms. The van der Waals surface area contributed by atoms with Crippen LogP contribution in [0.3, 0.4) is 0 Å². The molecule has 1 aromatic carbocycles. The monoisotopic (exact) mass is 1550 g/mol. The molecule has 3 aliphatic heterocycles. The number of hydrogen-bond acceptors (Lipinski definition) is 11. The minimum absolute atomic E-state index is 0.0993. The van der Waals surface area contributed by atoms with Gasteiger partial charge in [-0.1, -0.05) is 230 Å². The summed E-state index contributed by atoms with van der Waals surface area (Å²) in [6.45, 7) is 31.2. The number of carbonyl (C=O) groups is 2. The Bertz CT molecular complexity index is 4340. The van der Waals surface area contributed by atoms with Crippen molar-refractivity contribution in [1.29, 1.82) is 0 Å². The van der Waals surface area contributed by atoms with E-state index >= 15 is 18.4 Å². The van der Waals surface area contributed by atoms with Gasteiger partial charge in [-0.3, -0.25) is 14.5 Å². The van der Waals surface area contributed by atoms with Crippen LogP contribution in [0, 0.1) is 55.1 Å². The summed E-state index contributed by atoms with van der Waals surface area (Å²) >= 11 is 12.5. The molecule has 8 aromatic heterocycles. The van der Waals surface area contributed by atoms with Crippen LogP contribution in [0.25, 0.3) is 80.7 Å². The molecule has 0 spiro atoms. The molecule has 0 saturated heterocycles. The highest BCUT2D eigenvalue weighted by Gasteiger charge is 2.53. The van der Waals surface area contributed by atoms with E-state index in [1.165, 1.54) is 179 Å². The maximum atomic E-state index is 17.5. The first-order valence-electron chi connectivity index (χ1n) is 40.5. The number of thiophene rings is 7. The molecule has 6 nitrogen and oxygen atoms in total. The van der Waals surface area contributed by atoms with Gasteiger partial charge in [0.1, 0.15) is 27.2 Å². The minimum Gasteiger partial charge on any atom is -0.274 e. The van der Waals surface area contributed by atoms with Crippen LogP contribution in [0.2, 0.25) is 24.2 Å². The Morgan fingerprint density at radius 1 is 0.369 bits per heavy atom. The summed E-state index contributed by atoms with van der Waals surface area (Å²) in [5.74, 6) is 0.844. The van der Waals surface area contributed by atoms with Crippen molar-refractivity contribution in [2.75, 3.05) is 6.54 Å². The fraction of sp³-hybridized carbons (Fsp3) is 0.581. The Morgan fingerprint density at radius 3 is 1.18 bits per heavy atom. The number of nitrogens with zero attached hydrogens (tertiary/aromatic N) is 4. The number of halogens is 2. The van der Waals surface area contributed by atoms with E-state index in [0.29, 0.717) is 74.6 Å². The molecule has 2 amide bonds. The molecule has 0 aliphatic carbocycles. The molecule has 9 aromatic rings. The predicted octanol–water partition coefficient (Wildman–Crippen LogP) is 27.2. The zero-order chi connectivity index (χ0) is 72.9. The van der Waals surface area contributed by atoms with Crippen LogP contribution >= 0.6 is 79.4 Å². The number of unbranched alkanes of at least 4 members (excludes halogenated alkanes) is 10. The summed E-state index contributed by atoms with van der Waals surface area (Å²) < 4.78 is 34.7. The summed E-state index contributed by atoms with van der Waals surface area (Å²) in [6, 6.07) is 23.3. The minimum atomic E-state index is -2.65. The Hall–Kier alpha value is -4.05. The number of carbonyl (C=O) groups excluding carboxylic acids is 2. The van der Waals surface area contributed by atoms with E-state index < -0.39 is 27.8 Å². The second-order valence-corrected chi connectivity index (χ2v) is 47.1. The van der Waals surface area contributed by atoms with Gasteiger partial charge >= 0.3 is 0 Å². The molecule has 5 atom stereocenters. The molecule has 0 radical (unpaired) electrons. The third-order valence-corrected chi connectivity index (χ3v) is 44.2. The van der Waals surface area contributed by atoms with E-state index in [4.69, 9.17) is 10.2 Å². The van der Waals surface area contributed by atoms with Gasteiger partial charge in [0.15, 0.2) is 11.6 Å². The standard InChI is InChI=1S/C86H116F2N4O2S7Si2/c1-14-25-31-32-33-34-44-91-85(93)73-74(86(91)94)80(101-79(73)65-47-69-82(99-65)81-67(45-55(13)96-81)102(69,50-57(21-8)36-27-16-3)51-58(22-9)37-28-17-4)66-48-70-84(100-66)83-68(103(70,52-59(23-10)38-29-18-5)53-60(24-11)39-30-19-6)46-64(98-83)61-42-43-63(97-61)72-76(88)75(87)71(62-41-40-54(12)95-62)77-78(72)90-92(89-77)49-56(20-7)35-26-15-2/h40-43,45-48,56-60H,14-39,44,49-53H2,1-13H3. The molecule has 0 N–H and O–H groups in total. The second-order valence-electron chi connectivity index (χ2n) is 31.2. The average Bonchev–Trinajstić information content (AvgIpc) is 1.54. The van der Waals surface area contributed by atoms with Crippen molar-refractivity contribution in [3.05, 3.63) is 81.0 Å². The zero-order valence-electron chi connectivity index (χ0n) is 64.4. The van der Waals surface area contributed by atoms with Gasteiger partial charge in [0, 0.05) is 65.1 Å². The maximum Gasteiger partial charge on any atom is 0.263 e. The molecular weight excluding hydrogens is 1440 g/mol. The summed E-state index contributed by atoms with van der Waals surface area (Å²) in [5.41, 5.74) is 2.51. The van der Waals surface area contributed by atoms with Crippen LogP contribution in [0.15, 0.2) is 48.5 Å². The average molecular weight is 1560 g/mol. The van der Waals surface area contributed by atoms with Crippen LogP contribution < -0.4 is 20.7 Å². The number of aromatic nitrogens is 3. The van der Waals surface area contributed by atoms with Gasteiger partial charge in [-0.05, 0) is 150 Å². The van der Waals surface area contributed by atoms with E-state index in [0.717, 1.165) is 82.2 Å². The Morgan fingerprint density at radius 2 is 0.748 bits per heavy atom. The van der Waals surface area contributed by atoms with Gasteiger partial charge in [0.25, 0.3) is 11.8 Å². The van der Waals surface area contributed by atoms with Crippen LogP contribution in [0.1, 0.15) is 274 Å². The lowest BCUT2D eigenvalue weighted by Gasteiger charge is -2.35. The lowest BCUT2D eigenvalue weighted by atomic mass is 10.00. The summed E-state index contributed by atoms with van der Waals surface area (Å²) in [5, 5.41) is 16.6. The number of fused-ring (bicyclic) bond motifs is 8. The van der Waals surface area contributed by atoms with E-state index in [2.05, 4.69) is 113 Å². The molecule has 556 valence electrons. The number of rotatable bonds is 42. The van der Waals surface area contributed by atoms with Crippen molar-refractivity contribution >= 4 is 139 Å². The normalized spacial score (nSPS) is 17.6. The molecular formula is C86H116F2N4O2S7Si2. The lowest BCUT2D eigenvalue weighted by Crippen LogP contribution is -2.56. The molecule has 11 heterocycles. The lowest BCUT2D eigenvalue weighted by molar-refractivity contribution is 0.0651. The van der Waals surface area contributed by atoms with E-state index in [1.54, 1.807) is 53.1 Å². The summed E-state index contributed by atoms with van der Waals surface area (Å²) in [4.78, 5) is 50.9. The third kappa shape index (κ3) is 15.7.